The summed E-state index contributed by atoms with van der Waals surface area (Å²) in [6.45, 7) is 2.16. The highest BCUT2D eigenvalue weighted by Gasteiger charge is 2.44. The third-order valence-electron chi connectivity index (χ3n) is 6.96. The molecule has 0 saturated heterocycles. The van der Waals surface area contributed by atoms with Crippen LogP contribution in [-0.2, 0) is 20.7 Å². The highest BCUT2D eigenvalue weighted by molar-refractivity contribution is 6.09. The van der Waals surface area contributed by atoms with Crippen LogP contribution in [0.1, 0.15) is 48.3 Å². The second kappa shape index (κ2) is 10.2. The number of carbonyl (C=O) groups is 2. The van der Waals surface area contributed by atoms with Gasteiger partial charge in [0.05, 0.1) is 6.61 Å². The molecule has 0 fully saturated rings. The number of hydrogen-bond acceptors (Lipinski definition) is 5. The van der Waals surface area contributed by atoms with E-state index in [1.165, 1.54) is 0 Å². The van der Waals surface area contributed by atoms with Crippen molar-refractivity contribution in [1.82, 2.24) is 4.98 Å². The number of rotatable bonds is 6. The predicted octanol–water partition coefficient (Wildman–Crippen LogP) is 5.44. The van der Waals surface area contributed by atoms with Crippen LogP contribution in [0.4, 0.5) is 0 Å². The largest absolute Gasteiger partial charge is 0.465 e. The van der Waals surface area contributed by atoms with Crippen molar-refractivity contribution in [2.75, 3.05) is 6.61 Å². The minimum Gasteiger partial charge on any atom is -0.465 e. The van der Waals surface area contributed by atoms with Crippen LogP contribution in [-0.4, -0.2) is 29.1 Å². The molecule has 0 spiro atoms. The Hall–Kier alpha value is -3.86. The first-order valence-electron chi connectivity index (χ1n) is 12.1. The first-order valence-corrected chi connectivity index (χ1v) is 12.1. The number of ether oxygens (including phenoxy) is 1. The Morgan fingerprint density at radius 1 is 0.914 bits per heavy atom. The third-order valence-corrected chi connectivity index (χ3v) is 6.96. The monoisotopic (exact) mass is 464 g/mol. The zero-order chi connectivity index (χ0) is 24.2. The fourth-order valence-electron chi connectivity index (χ4n) is 5.26. The second-order valence-corrected chi connectivity index (χ2v) is 9.19. The van der Waals surface area contributed by atoms with Crippen molar-refractivity contribution in [3.63, 3.8) is 0 Å². The van der Waals surface area contributed by atoms with E-state index in [1.54, 1.807) is 12.4 Å². The van der Waals surface area contributed by atoms with Crippen LogP contribution in [0.3, 0.4) is 0 Å². The van der Waals surface area contributed by atoms with E-state index in [0.29, 0.717) is 30.5 Å². The lowest BCUT2D eigenvalue weighted by Crippen LogP contribution is -2.38. The maximum Gasteiger partial charge on any atom is 0.315 e. The number of aliphatic imine (C=N–C) groups is 1. The summed E-state index contributed by atoms with van der Waals surface area (Å²) in [5.74, 6) is -1.25. The smallest absolute Gasteiger partial charge is 0.315 e. The topological polar surface area (TPSA) is 68.6 Å². The summed E-state index contributed by atoms with van der Waals surface area (Å²) < 4.78 is 5.74. The standard InChI is InChI=1S/C30H28N2O3/c1-20-27(30(34)35-17-14-21-8-4-2-5-9-21)28(23-12-15-31-16-13-23)29-25(32-20)18-24(19-26(29)33)22-10-6-3-7-11-22/h2-13,15-16,24,27-28H,14,17-19H2,1H3/t24-,27?,28+/m1/s1. The lowest BCUT2D eigenvalue weighted by Gasteiger charge is -2.36. The quantitative estimate of drug-likeness (QED) is 0.456. The normalized spacial score (nSPS) is 21.8. The van der Waals surface area contributed by atoms with Gasteiger partial charge in [0.15, 0.2) is 5.78 Å². The van der Waals surface area contributed by atoms with E-state index in [2.05, 4.69) is 17.1 Å². The number of pyridine rings is 1. The number of Topliss-reactive ketones (excluding diaryl/α,β-unsaturated/α-hetero) is 1. The van der Waals surface area contributed by atoms with Gasteiger partial charge < -0.3 is 4.74 Å². The highest BCUT2D eigenvalue weighted by atomic mass is 16.5. The van der Waals surface area contributed by atoms with Crippen LogP contribution < -0.4 is 0 Å². The first kappa shape index (κ1) is 22.9. The molecule has 2 aromatic carbocycles. The summed E-state index contributed by atoms with van der Waals surface area (Å²) in [5.41, 5.74) is 5.28. The van der Waals surface area contributed by atoms with Gasteiger partial charge >= 0.3 is 5.97 Å². The number of benzene rings is 2. The first-order chi connectivity index (χ1) is 17.1. The summed E-state index contributed by atoms with van der Waals surface area (Å²) in [6, 6.07) is 23.8. The molecule has 0 bridgehead atoms. The van der Waals surface area contributed by atoms with Crippen molar-refractivity contribution >= 4 is 17.5 Å². The fraction of sp³-hybridized carbons (Fsp3) is 0.267. The number of allylic oxidation sites excluding steroid dienone is 2. The van der Waals surface area contributed by atoms with Gasteiger partial charge in [0.25, 0.3) is 0 Å². The van der Waals surface area contributed by atoms with Crippen LogP contribution in [0, 0.1) is 5.92 Å². The predicted molar refractivity (Wildman–Crippen MR) is 135 cm³/mol. The van der Waals surface area contributed by atoms with E-state index in [0.717, 1.165) is 22.4 Å². The summed E-state index contributed by atoms with van der Waals surface area (Å²) in [7, 11) is 0. The molecule has 0 saturated carbocycles. The van der Waals surface area contributed by atoms with Gasteiger partial charge in [-0.1, -0.05) is 60.7 Å². The van der Waals surface area contributed by atoms with E-state index in [4.69, 9.17) is 9.73 Å². The molecule has 0 radical (unpaired) electrons. The van der Waals surface area contributed by atoms with E-state index >= 15 is 0 Å². The van der Waals surface area contributed by atoms with Gasteiger partial charge in [0, 0.05) is 48.1 Å². The zero-order valence-corrected chi connectivity index (χ0v) is 19.8. The molecule has 0 N–H and O–H groups in total. The van der Waals surface area contributed by atoms with Crippen molar-refractivity contribution < 1.29 is 14.3 Å². The molecule has 35 heavy (non-hydrogen) atoms. The van der Waals surface area contributed by atoms with Gasteiger partial charge in [0.2, 0.25) is 0 Å². The Morgan fingerprint density at radius 2 is 1.60 bits per heavy atom. The van der Waals surface area contributed by atoms with Gasteiger partial charge in [-0.2, -0.15) is 0 Å². The number of esters is 1. The van der Waals surface area contributed by atoms with E-state index in [-0.39, 0.29) is 24.3 Å². The molecule has 0 amide bonds. The molecular formula is C30H28N2O3. The Bertz CT molecular complexity index is 1270. The van der Waals surface area contributed by atoms with E-state index in [1.807, 2.05) is 67.6 Å². The molecule has 1 aliphatic heterocycles. The highest BCUT2D eigenvalue weighted by Crippen LogP contribution is 2.46. The van der Waals surface area contributed by atoms with Crippen LogP contribution >= 0.6 is 0 Å². The third kappa shape index (κ3) is 4.85. The molecule has 1 unspecified atom stereocenters. The Balaban J connectivity index is 1.44. The fourth-order valence-corrected chi connectivity index (χ4v) is 5.26. The Kier molecular flexibility index (Phi) is 6.66. The van der Waals surface area contributed by atoms with Crippen molar-refractivity contribution in [2.45, 2.75) is 38.0 Å². The molecule has 5 heteroatoms. The zero-order valence-electron chi connectivity index (χ0n) is 19.8. The molecule has 3 atom stereocenters. The van der Waals surface area contributed by atoms with Crippen molar-refractivity contribution in [1.29, 1.82) is 0 Å². The summed E-state index contributed by atoms with van der Waals surface area (Å²) in [6.07, 6.45) is 5.14. The molecule has 2 aliphatic rings. The van der Waals surface area contributed by atoms with Gasteiger partial charge in [-0.25, -0.2) is 0 Å². The van der Waals surface area contributed by atoms with Crippen LogP contribution in [0.15, 0.2) is 101 Å². The molecular weight excluding hydrogens is 436 g/mol. The molecule has 1 aromatic heterocycles. The van der Waals surface area contributed by atoms with Gasteiger partial charge in [-0.3, -0.25) is 19.6 Å². The van der Waals surface area contributed by atoms with E-state index in [9.17, 15) is 9.59 Å². The summed E-state index contributed by atoms with van der Waals surface area (Å²) in [5, 5.41) is 0. The maximum absolute atomic E-state index is 13.6. The summed E-state index contributed by atoms with van der Waals surface area (Å²) >= 11 is 0. The molecule has 2 heterocycles. The minimum atomic E-state index is -0.635. The minimum absolute atomic E-state index is 0.0558. The number of aromatic nitrogens is 1. The number of nitrogens with zero attached hydrogens (tertiary/aromatic N) is 2. The number of hydrogen-bond donors (Lipinski definition) is 0. The maximum atomic E-state index is 13.6. The lowest BCUT2D eigenvalue weighted by atomic mass is 9.69. The van der Waals surface area contributed by atoms with Crippen LogP contribution in [0.25, 0.3) is 0 Å². The lowest BCUT2D eigenvalue weighted by molar-refractivity contribution is -0.146. The van der Waals surface area contributed by atoms with Crippen LogP contribution in [0.5, 0.6) is 0 Å². The van der Waals surface area contributed by atoms with Crippen LogP contribution in [0.2, 0.25) is 0 Å². The molecule has 5 rings (SSSR count). The molecule has 1 aliphatic carbocycles. The van der Waals surface area contributed by atoms with Gasteiger partial charge in [-0.05, 0) is 48.1 Å². The Morgan fingerprint density at radius 3 is 2.31 bits per heavy atom. The number of carbonyl (C=O) groups excluding carboxylic acids is 2. The van der Waals surface area contributed by atoms with Crippen molar-refractivity contribution in [2.24, 2.45) is 10.9 Å². The number of ketones is 1. The second-order valence-electron chi connectivity index (χ2n) is 9.19. The van der Waals surface area contributed by atoms with E-state index < -0.39 is 11.8 Å². The average molecular weight is 465 g/mol. The molecule has 5 nitrogen and oxygen atoms in total. The Labute approximate surface area is 205 Å². The van der Waals surface area contributed by atoms with Crippen molar-refractivity contribution in [3.8, 4) is 0 Å². The SMILES string of the molecule is CC1=NC2=C(C(=O)C[C@H](c3ccccc3)C2)[C@@H](c2ccncc2)C1C(=O)OCCc1ccccc1. The summed E-state index contributed by atoms with van der Waals surface area (Å²) in [4.78, 5) is 35.9. The molecule has 176 valence electrons. The van der Waals surface area contributed by atoms with Gasteiger partial charge in [0.1, 0.15) is 5.92 Å². The average Bonchev–Trinajstić information content (AvgIpc) is 2.89. The molecule has 3 aromatic rings. The van der Waals surface area contributed by atoms with Crippen molar-refractivity contribution in [3.05, 3.63) is 113 Å². The van der Waals surface area contributed by atoms with Gasteiger partial charge in [-0.15, -0.1) is 0 Å².